The Morgan fingerprint density at radius 2 is 2.14 bits per heavy atom. The molecule has 0 bridgehead atoms. The number of aliphatic hydroxyl groups excluding tert-OH is 1. The van der Waals surface area contributed by atoms with Crippen LogP contribution >= 0.6 is 0 Å². The Morgan fingerprint density at radius 1 is 1.50 bits per heavy atom. The monoisotopic (exact) mass is 203 g/mol. The molecule has 82 valence electrons. The lowest BCUT2D eigenvalue weighted by Gasteiger charge is -2.21. The van der Waals surface area contributed by atoms with Gasteiger partial charge in [-0.05, 0) is 27.2 Å². The highest BCUT2D eigenvalue weighted by Crippen LogP contribution is 2.12. The van der Waals surface area contributed by atoms with Crippen molar-refractivity contribution in [2.24, 2.45) is 0 Å². The largest absolute Gasteiger partial charge is 0.528 e. The van der Waals surface area contributed by atoms with Crippen LogP contribution in [0.2, 0.25) is 0 Å². The van der Waals surface area contributed by atoms with Crippen LogP contribution in [0.5, 0.6) is 0 Å². The van der Waals surface area contributed by atoms with Gasteiger partial charge in [-0.2, -0.15) is 0 Å². The molecule has 5 nitrogen and oxygen atoms in total. The normalized spacial score (nSPS) is 23.6. The molecule has 0 aromatic carbocycles. The third-order valence-electron chi connectivity index (χ3n) is 1.72. The Kier molecular flexibility index (Phi) is 3.34. The maximum absolute atomic E-state index is 11.2. The van der Waals surface area contributed by atoms with E-state index in [-0.39, 0.29) is 0 Å². The van der Waals surface area contributed by atoms with Crippen LogP contribution in [-0.4, -0.2) is 41.1 Å². The van der Waals surface area contributed by atoms with Gasteiger partial charge in [0.05, 0.1) is 12.6 Å². The van der Waals surface area contributed by atoms with Crippen LogP contribution < -0.4 is 0 Å². The fraction of sp³-hybridized carbons (Fsp3) is 0.889. The molecule has 1 saturated heterocycles. The molecule has 1 fully saturated rings. The minimum absolute atomic E-state index is 0.360. The standard InChI is InChI=1S/C9H17NO4/c1-9(2,3)13-8(12)14-10-5-4-7(11)6-10/h7,11H,4-6H2,1-3H3/t7-/m1/s1. The molecule has 0 aromatic rings. The maximum atomic E-state index is 11.2. The first-order valence-electron chi connectivity index (χ1n) is 4.71. The summed E-state index contributed by atoms with van der Waals surface area (Å²) < 4.78 is 4.95. The molecule has 0 aromatic heterocycles. The summed E-state index contributed by atoms with van der Waals surface area (Å²) in [5.74, 6) is 0. The van der Waals surface area contributed by atoms with Crippen molar-refractivity contribution in [3.63, 3.8) is 0 Å². The van der Waals surface area contributed by atoms with E-state index < -0.39 is 17.9 Å². The quantitative estimate of drug-likeness (QED) is 0.642. The average Bonchev–Trinajstić information content (AvgIpc) is 2.30. The second-order valence-corrected chi connectivity index (χ2v) is 4.39. The molecule has 1 N–H and O–H groups in total. The van der Waals surface area contributed by atoms with Gasteiger partial charge in [-0.1, -0.05) is 0 Å². The van der Waals surface area contributed by atoms with Crippen molar-refractivity contribution < 1.29 is 19.5 Å². The average molecular weight is 203 g/mol. The van der Waals surface area contributed by atoms with Gasteiger partial charge in [0.15, 0.2) is 0 Å². The van der Waals surface area contributed by atoms with Crippen molar-refractivity contribution in [1.82, 2.24) is 5.06 Å². The van der Waals surface area contributed by atoms with Gasteiger partial charge < -0.3 is 14.7 Å². The zero-order chi connectivity index (χ0) is 10.8. The third-order valence-corrected chi connectivity index (χ3v) is 1.72. The smallest absolute Gasteiger partial charge is 0.427 e. The van der Waals surface area contributed by atoms with Crippen LogP contribution in [0, 0.1) is 0 Å². The molecule has 1 aliphatic rings. The number of hydrogen-bond acceptors (Lipinski definition) is 5. The van der Waals surface area contributed by atoms with Crippen molar-refractivity contribution in [2.45, 2.75) is 38.9 Å². The van der Waals surface area contributed by atoms with Gasteiger partial charge in [0.2, 0.25) is 0 Å². The van der Waals surface area contributed by atoms with E-state index in [0.29, 0.717) is 19.5 Å². The van der Waals surface area contributed by atoms with E-state index in [2.05, 4.69) is 0 Å². The van der Waals surface area contributed by atoms with E-state index in [9.17, 15) is 9.90 Å². The van der Waals surface area contributed by atoms with Gasteiger partial charge in [-0.15, -0.1) is 5.06 Å². The molecule has 0 aliphatic carbocycles. The van der Waals surface area contributed by atoms with E-state index >= 15 is 0 Å². The fourth-order valence-corrected chi connectivity index (χ4v) is 1.17. The minimum atomic E-state index is -0.716. The number of carbonyl (C=O) groups is 1. The van der Waals surface area contributed by atoms with Crippen molar-refractivity contribution in [1.29, 1.82) is 0 Å². The number of ether oxygens (including phenoxy) is 1. The van der Waals surface area contributed by atoms with E-state index in [1.54, 1.807) is 20.8 Å². The topological polar surface area (TPSA) is 59.0 Å². The van der Waals surface area contributed by atoms with Crippen LogP contribution in [-0.2, 0) is 9.57 Å². The molecule has 1 rings (SSSR count). The lowest BCUT2D eigenvalue weighted by atomic mass is 10.2. The molecule has 5 heteroatoms. The second kappa shape index (κ2) is 4.14. The molecule has 1 aliphatic heterocycles. The first-order chi connectivity index (χ1) is 6.37. The number of β-amino-alcohol motifs (C(OH)–C–C–N with tert-alkyl or cyclic N) is 1. The van der Waals surface area contributed by atoms with Crippen molar-refractivity contribution >= 4 is 6.16 Å². The number of nitrogens with zero attached hydrogens (tertiary/aromatic N) is 1. The highest BCUT2D eigenvalue weighted by molar-refractivity contribution is 5.60. The summed E-state index contributed by atoms with van der Waals surface area (Å²) in [5.41, 5.74) is -0.546. The summed E-state index contributed by atoms with van der Waals surface area (Å²) in [6.45, 7) is 6.23. The van der Waals surface area contributed by atoms with Crippen molar-refractivity contribution in [2.75, 3.05) is 13.1 Å². The lowest BCUT2D eigenvalue weighted by Crippen LogP contribution is -2.31. The van der Waals surface area contributed by atoms with Gasteiger partial charge >= 0.3 is 6.16 Å². The summed E-state index contributed by atoms with van der Waals surface area (Å²) in [4.78, 5) is 16.0. The van der Waals surface area contributed by atoms with E-state index in [1.807, 2.05) is 0 Å². The van der Waals surface area contributed by atoms with Crippen LogP contribution in [0.25, 0.3) is 0 Å². The van der Waals surface area contributed by atoms with E-state index in [0.717, 1.165) is 0 Å². The van der Waals surface area contributed by atoms with Crippen LogP contribution in [0.4, 0.5) is 4.79 Å². The molecule has 14 heavy (non-hydrogen) atoms. The van der Waals surface area contributed by atoms with Crippen molar-refractivity contribution in [3.8, 4) is 0 Å². The SMILES string of the molecule is CC(C)(C)OC(=O)ON1CC[C@@H](O)C1. The van der Waals surface area contributed by atoms with Gasteiger partial charge in [-0.25, -0.2) is 4.79 Å². The van der Waals surface area contributed by atoms with E-state index in [1.165, 1.54) is 5.06 Å². The predicted molar refractivity (Wildman–Crippen MR) is 49.5 cm³/mol. The highest BCUT2D eigenvalue weighted by Gasteiger charge is 2.26. The Labute approximate surface area is 83.5 Å². The van der Waals surface area contributed by atoms with Gasteiger partial charge in [0.1, 0.15) is 5.60 Å². The van der Waals surface area contributed by atoms with Gasteiger partial charge in [0.25, 0.3) is 0 Å². The number of hydrogen-bond donors (Lipinski definition) is 1. The Hall–Kier alpha value is -0.810. The zero-order valence-corrected chi connectivity index (χ0v) is 8.82. The van der Waals surface area contributed by atoms with Gasteiger partial charge in [-0.3, -0.25) is 0 Å². The van der Waals surface area contributed by atoms with Crippen LogP contribution in [0.1, 0.15) is 27.2 Å². The first kappa shape index (κ1) is 11.3. The lowest BCUT2D eigenvalue weighted by molar-refractivity contribution is -0.133. The summed E-state index contributed by atoms with van der Waals surface area (Å²) in [6, 6.07) is 0. The molecule has 0 amide bonds. The van der Waals surface area contributed by atoms with E-state index in [4.69, 9.17) is 9.57 Å². The number of carbonyl (C=O) groups excluding carboxylic acids is 1. The number of hydroxylamine groups is 2. The Balaban J connectivity index is 2.27. The maximum Gasteiger partial charge on any atom is 0.528 e. The number of aliphatic hydroxyl groups is 1. The molecule has 1 heterocycles. The van der Waals surface area contributed by atoms with Gasteiger partial charge in [0, 0.05) is 6.54 Å². The second-order valence-electron chi connectivity index (χ2n) is 4.39. The molecule has 0 radical (unpaired) electrons. The summed E-state index contributed by atoms with van der Waals surface area (Å²) in [6.07, 6.45) is -0.493. The molecule has 1 atom stereocenters. The number of rotatable bonds is 1. The molecular formula is C9H17NO4. The summed E-state index contributed by atoms with van der Waals surface area (Å²) in [5, 5.41) is 10.6. The molecule has 0 spiro atoms. The Bertz CT molecular complexity index is 211. The molecule has 0 unspecified atom stereocenters. The summed E-state index contributed by atoms with van der Waals surface area (Å²) in [7, 11) is 0. The molecular weight excluding hydrogens is 186 g/mol. The minimum Gasteiger partial charge on any atom is -0.427 e. The van der Waals surface area contributed by atoms with Crippen LogP contribution in [0.15, 0.2) is 0 Å². The zero-order valence-electron chi connectivity index (χ0n) is 8.82. The Morgan fingerprint density at radius 3 is 2.57 bits per heavy atom. The van der Waals surface area contributed by atoms with Crippen molar-refractivity contribution in [3.05, 3.63) is 0 Å². The third kappa shape index (κ3) is 3.93. The first-order valence-corrected chi connectivity index (χ1v) is 4.71. The predicted octanol–water partition coefficient (Wildman–Crippen LogP) is 0.920. The highest BCUT2D eigenvalue weighted by atomic mass is 16.8. The molecule has 0 saturated carbocycles. The fourth-order valence-electron chi connectivity index (χ4n) is 1.17. The summed E-state index contributed by atoms with van der Waals surface area (Å²) >= 11 is 0. The van der Waals surface area contributed by atoms with Crippen LogP contribution in [0.3, 0.4) is 0 Å².